The van der Waals surface area contributed by atoms with E-state index in [4.69, 9.17) is 56.8 Å². The Kier molecular flexibility index (Phi) is 23.2. The number of benzene rings is 6. The Hall–Kier alpha value is -8.96. The number of hydrogen-bond acceptors (Lipinski definition) is 17. The molecule has 496 valence electrons. The van der Waals surface area contributed by atoms with Gasteiger partial charge in [-0.15, -0.1) is 0 Å². The highest BCUT2D eigenvalue weighted by atomic mass is 19.4. The van der Waals surface area contributed by atoms with Crippen molar-refractivity contribution in [1.29, 1.82) is 0 Å². The third kappa shape index (κ3) is 18.2. The highest BCUT2D eigenvalue weighted by molar-refractivity contribution is 5.90. The summed E-state index contributed by atoms with van der Waals surface area (Å²) in [5.74, 6) is 1.89. The van der Waals surface area contributed by atoms with Gasteiger partial charge in [0.15, 0.2) is 12.0 Å². The summed E-state index contributed by atoms with van der Waals surface area (Å²) in [4.78, 5) is 55.9. The van der Waals surface area contributed by atoms with Gasteiger partial charge in [0.2, 0.25) is 0 Å². The number of alkyl halides is 6. The van der Waals surface area contributed by atoms with Crippen molar-refractivity contribution in [3.05, 3.63) is 199 Å². The zero-order valence-electron chi connectivity index (χ0n) is 51.0. The first-order valence-corrected chi connectivity index (χ1v) is 29.3. The largest absolute Gasteiger partial charge is 0.497 e. The molecule has 0 saturated carbocycles. The fourth-order valence-electron chi connectivity index (χ4n) is 10.4. The number of carbonyl (C=O) groups excluding carboxylic acids is 2. The van der Waals surface area contributed by atoms with Crippen LogP contribution in [0.25, 0.3) is 0 Å². The third-order valence-electron chi connectivity index (χ3n) is 15.2. The van der Waals surface area contributed by atoms with E-state index in [0.29, 0.717) is 45.3 Å². The summed E-state index contributed by atoms with van der Waals surface area (Å²) in [6.07, 6.45) is -18.0. The predicted molar refractivity (Wildman–Crippen MR) is 326 cm³/mol. The van der Waals surface area contributed by atoms with Crippen LogP contribution in [-0.4, -0.2) is 122 Å². The zero-order valence-corrected chi connectivity index (χ0v) is 51.0. The van der Waals surface area contributed by atoms with Gasteiger partial charge >= 0.3 is 24.4 Å². The predicted octanol–water partition coefficient (Wildman–Crippen LogP) is 10.0. The Morgan fingerprint density at radius 2 is 0.968 bits per heavy atom. The number of methoxy groups -OCH3 is 4. The van der Waals surface area contributed by atoms with Gasteiger partial charge in [0.1, 0.15) is 65.2 Å². The molecule has 2 saturated heterocycles. The Labute approximate surface area is 530 Å². The zero-order chi connectivity index (χ0) is 66.2. The first kappa shape index (κ1) is 68.4. The normalized spacial score (nSPS) is 20.7. The van der Waals surface area contributed by atoms with Crippen molar-refractivity contribution in [3.63, 3.8) is 0 Å². The summed E-state index contributed by atoms with van der Waals surface area (Å²) in [5, 5.41) is 13.6. The van der Waals surface area contributed by atoms with E-state index < -0.39 is 108 Å². The van der Waals surface area contributed by atoms with E-state index in [0.717, 1.165) is 36.4 Å². The number of hydrogen-bond donors (Lipinski definition) is 5. The molecule has 9 atom stereocenters. The fourth-order valence-corrected chi connectivity index (χ4v) is 10.4. The number of nitrogens with one attached hydrogen (secondary N) is 5. The van der Waals surface area contributed by atoms with Crippen LogP contribution < -0.4 is 61.1 Å². The molecule has 7 aromatic carbocycles. The van der Waals surface area contributed by atoms with E-state index in [-0.39, 0.29) is 69.1 Å². The lowest BCUT2D eigenvalue weighted by atomic mass is 9.92. The van der Waals surface area contributed by atoms with Crippen LogP contribution in [0, 0.1) is 0 Å². The molecule has 93 heavy (non-hydrogen) atoms. The average Bonchev–Trinajstić information content (AvgIpc) is 0.847. The van der Waals surface area contributed by atoms with Crippen LogP contribution in [0.2, 0.25) is 0 Å². The maximum absolute atomic E-state index is 14.7. The van der Waals surface area contributed by atoms with Crippen LogP contribution in [0.15, 0.2) is 155 Å². The molecule has 0 aromatic heterocycles. The van der Waals surface area contributed by atoms with E-state index in [2.05, 4.69) is 26.6 Å². The number of amides is 4. The molecule has 2 aliphatic rings. The highest BCUT2D eigenvalue weighted by Crippen LogP contribution is 2.36. The molecule has 2 heterocycles. The summed E-state index contributed by atoms with van der Waals surface area (Å²) in [6.45, 7) is 0.197. The molecule has 0 bridgehead atoms. The molecule has 27 heteroatoms. The second kappa shape index (κ2) is 31.6. The van der Waals surface area contributed by atoms with Crippen LogP contribution in [-0.2, 0) is 71.9 Å². The lowest BCUT2D eigenvalue weighted by Gasteiger charge is -2.50. The number of anilines is 3. The van der Waals surface area contributed by atoms with Gasteiger partial charge in [-0.05, 0) is 114 Å². The van der Waals surface area contributed by atoms with Crippen LogP contribution in [0.3, 0.4) is 0 Å². The Morgan fingerprint density at radius 3 is 1.42 bits per heavy atom. The van der Waals surface area contributed by atoms with E-state index in [1.807, 2.05) is 0 Å². The van der Waals surface area contributed by atoms with Gasteiger partial charge in [-0.2, -0.15) is 26.3 Å². The Bertz CT molecular complexity index is 3630. The number of urea groups is 2. The minimum absolute atomic E-state index is 0.000195. The lowest BCUT2D eigenvalue weighted by Crippen LogP contribution is -2.70. The summed E-state index contributed by atoms with van der Waals surface area (Å²) < 4.78 is 159. The Balaban J connectivity index is 1.17. The molecule has 5 N–H and O–H groups in total. The summed E-state index contributed by atoms with van der Waals surface area (Å²) in [7, 11) is 6.04. The second-order valence-electron chi connectivity index (χ2n) is 21.4. The topological polar surface area (TPSA) is 239 Å². The van der Waals surface area contributed by atoms with Crippen molar-refractivity contribution < 1.29 is 92.8 Å². The first-order chi connectivity index (χ1) is 44.7. The van der Waals surface area contributed by atoms with Gasteiger partial charge in [0, 0.05) is 11.4 Å². The maximum atomic E-state index is 14.7. The SMILES string of the molecule is CCOc1c(N[C@H]2C(COCc3ccc(OC)cc3)OCC(NC(=O)Nc3cccc(C(F)(F)F)c3)[C@H]2O[C@@H]2OC(COCc3ccc(OC)cc3)[C@H](OCc3ccc(OC)cc3)[C@H](OCc3ccc(OC)cc3)C2NC(=O)Nc2cccc(C(F)(F)F)c2)c(=O)c1=O. The summed E-state index contributed by atoms with van der Waals surface area (Å²) in [6, 6.07) is 29.0. The van der Waals surface area contributed by atoms with Crippen molar-refractivity contribution in [1.82, 2.24) is 10.6 Å². The molecule has 0 radical (unpaired) electrons. The van der Waals surface area contributed by atoms with Crippen LogP contribution >= 0.6 is 0 Å². The highest BCUT2D eigenvalue weighted by Gasteiger charge is 2.53. The van der Waals surface area contributed by atoms with E-state index in [1.165, 1.54) is 40.6 Å². The number of rotatable bonds is 28. The van der Waals surface area contributed by atoms with Crippen LogP contribution in [0.1, 0.15) is 40.3 Å². The van der Waals surface area contributed by atoms with E-state index in [9.17, 15) is 45.5 Å². The third-order valence-corrected chi connectivity index (χ3v) is 15.2. The van der Waals surface area contributed by atoms with Gasteiger partial charge in [-0.3, -0.25) is 9.59 Å². The van der Waals surface area contributed by atoms with E-state index in [1.54, 1.807) is 104 Å². The number of ether oxygens (including phenoxy) is 12. The maximum Gasteiger partial charge on any atom is 0.416 e. The quantitative estimate of drug-likeness (QED) is 0.0226. The van der Waals surface area contributed by atoms with Gasteiger partial charge in [0.05, 0.1) is 105 Å². The van der Waals surface area contributed by atoms with Crippen molar-refractivity contribution in [2.75, 3.05) is 70.8 Å². The van der Waals surface area contributed by atoms with Crippen molar-refractivity contribution in [3.8, 4) is 28.7 Å². The number of halogens is 6. The lowest BCUT2D eigenvalue weighted by molar-refractivity contribution is -0.307. The smallest absolute Gasteiger partial charge is 0.416 e. The standard InChI is InChI=1S/C66H69F6N5O16/c1-6-88-60-54(56(78)57(60)79)76-53-51(36-86-31-38-13-21-46(82-2)22-14-38)89-35-50(75-63(80)73-44-11-7-9-42(29-44)65(67,68)69)58(53)93-62-55(77-64(81)74-45-12-8-10-43(30-45)66(70,71)72)61(91-34-41-19-27-49(85-5)28-20-41)59(90-33-40-17-25-48(84-4)26-18-40)52(92-62)37-87-32-39-15-23-47(83-3)24-16-39/h7-30,50-53,55,58-59,61-62,76H,6,31-37H2,1-5H3,(H2,73,75,80)(H2,74,77,81)/t50?,51?,52?,53-,55?,58+,59-,61+,62-/m0/s1. The molecule has 2 fully saturated rings. The van der Waals surface area contributed by atoms with Gasteiger partial charge in [-0.25, -0.2) is 9.59 Å². The first-order valence-electron chi connectivity index (χ1n) is 29.3. The fraction of sp³-hybridized carbons (Fsp3) is 0.364. The summed E-state index contributed by atoms with van der Waals surface area (Å²) >= 11 is 0. The minimum atomic E-state index is -4.80. The van der Waals surface area contributed by atoms with E-state index >= 15 is 0 Å². The molecule has 2 aliphatic heterocycles. The molecular formula is C66H69F6N5O16. The Morgan fingerprint density at radius 1 is 0.527 bits per heavy atom. The minimum Gasteiger partial charge on any atom is -0.497 e. The molecule has 0 aliphatic carbocycles. The van der Waals surface area contributed by atoms with Crippen LogP contribution in [0.5, 0.6) is 28.7 Å². The molecule has 4 amide bonds. The molecular weight excluding hydrogens is 1230 g/mol. The monoisotopic (exact) mass is 1300 g/mol. The number of carbonyl (C=O) groups is 2. The molecule has 4 unspecified atom stereocenters. The van der Waals surface area contributed by atoms with Crippen LogP contribution in [0.4, 0.5) is 53.0 Å². The van der Waals surface area contributed by atoms with Crippen molar-refractivity contribution >= 4 is 29.1 Å². The second-order valence-corrected chi connectivity index (χ2v) is 21.4. The van der Waals surface area contributed by atoms with Gasteiger partial charge < -0.3 is 83.4 Å². The molecule has 9 rings (SSSR count). The molecule has 7 aromatic rings. The van der Waals surface area contributed by atoms with Crippen molar-refractivity contribution in [2.45, 2.75) is 101 Å². The summed E-state index contributed by atoms with van der Waals surface area (Å²) in [5.41, 5.74) is -2.28. The molecule has 0 spiro atoms. The average molecular weight is 1300 g/mol. The van der Waals surface area contributed by atoms with Crippen molar-refractivity contribution in [2.24, 2.45) is 0 Å². The molecule has 21 nitrogen and oxygen atoms in total. The van der Waals surface area contributed by atoms with Gasteiger partial charge in [-0.1, -0.05) is 60.7 Å². The van der Waals surface area contributed by atoms with Gasteiger partial charge in [0.25, 0.3) is 10.9 Å².